The van der Waals surface area contributed by atoms with E-state index in [0.717, 1.165) is 44.0 Å². The van der Waals surface area contributed by atoms with E-state index in [4.69, 9.17) is 10.7 Å². The third-order valence-electron chi connectivity index (χ3n) is 6.28. The number of benzene rings is 4. The largest absolute Gasteiger partial charge is 0.397 e. The van der Waals surface area contributed by atoms with Crippen molar-refractivity contribution in [2.75, 3.05) is 10.6 Å². The van der Waals surface area contributed by atoms with Crippen molar-refractivity contribution in [3.8, 4) is 22.4 Å². The first kappa shape index (κ1) is 22.7. The molecule has 0 fully saturated rings. The summed E-state index contributed by atoms with van der Waals surface area (Å²) in [4.78, 5) is 22.1. The molecule has 5 heteroatoms. The molecule has 1 amide bonds. The monoisotopic (exact) mass is 497 g/mol. The van der Waals surface area contributed by atoms with Crippen molar-refractivity contribution >= 4 is 44.5 Å². The van der Waals surface area contributed by atoms with Crippen LogP contribution in [0.2, 0.25) is 0 Å². The van der Waals surface area contributed by atoms with Crippen LogP contribution < -0.4 is 10.6 Å². The van der Waals surface area contributed by atoms with Gasteiger partial charge < -0.3 is 5.73 Å². The van der Waals surface area contributed by atoms with Gasteiger partial charge in [-0.1, -0.05) is 97.1 Å². The molecule has 0 saturated heterocycles. The van der Waals surface area contributed by atoms with Crippen molar-refractivity contribution in [2.24, 2.45) is 0 Å². The Labute approximate surface area is 219 Å². The molecule has 4 nitrogen and oxygen atoms in total. The number of anilines is 3. The molecular weight excluding hydrogens is 474 g/mol. The number of hydrogen-bond donors (Lipinski definition) is 1. The van der Waals surface area contributed by atoms with Crippen molar-refractivity contribution < 1.29 is 4.79 Å². The normalized spacial score (nSPS) is 10.9. The summed E-state index contributed by atoms with van der Waals surface area (Å²) in [5.74, 6) is -0.182. The third kappa shape index (κ3) is 4.26. The average Bonchev–Trinajstić information content (AvgIpc) is 3.31. The van der Waals surface area contributed by atoms with Crippen LogP contribution in [-0.4, -0.2) is 10.9 Å². The summed E-state index contributed by atoms with van der Waals surface area (Å²) in [7, 11) is 0. The molecule has 0 unspecified atom stereocenters. The van der Waals surface area contributed by atoms with E-state index in [2.05, 4.69) is 18.2 Å². The molecule has 6 aromatic rings. The number of nitrogen functional groups attached to an aromatic ring is 1. The van der Waals surface area contributed by atoms with E-state index in [1.807, 2.05) is 109 Å². The number of nitrogens with zero attached hydrogens (tertiary/aromatic N) is 2. The summed E-state index contributed by atoms with van der Waals surface area (Å²) in [6.45, 7) is 0. The van der Waals surface area contributed by atoms with Gasteiger partial charge in [-0.15, -0.1) is 11.3 Å². The molecule has 0 spiro atoms. The fourth-order valence-corrected chi connectivity index (χ4v) is 5.57. The highest BCUT2D eigenvalue weighted by atomic mass is 32.1. The number of pyridine rings is 1. The molecule has 0 atom stereocenters. The Hall–Kier alpha value is -4.74. The minimum absolute atomic E-state index is 0.182. The van der Waals surface area contributed by atoms with Crippen molar-refractivity contribution in [3.05, 3.63) is 132 Å². The van der Waals surface area contributed by atoms with Crippen molar-refractivity contribution in [1.82, 2.24) is 4.98 Å². The van der Waals surface area contributed by atoms with E-state index in [9.17, 15) is 4.79 Å². The molecule has 0 aliphatic rings. The quantitative estimate of drug-likeness (QED) is 0.261. The maximum Gasteiger partial charge on any atom is 0.275 e. The second-order valence-electron chi connectivity index (χ2n) is 8.62. The first-order valence-electron chi connectivity index (χ1n) is 12.0. The van der Waals surface area contributed by atoms with Crippen LogP contribution in [0, 0.1) is 0 Å². The second-order valence-corrected chi connectivity index (χ2v) is 9.62. The SMILES string of the molecule is Nc1c(C(=O)N(c2ccccc2)c2ccccc2)sc2nc(-c3ccccc3)cc(-c3ccccc3)c12. The van der Waals surface area contributed by atoms with Crippen LogP contribution in [0.15, 0.2) is 127 Å². The number of rotatable bonds is 5. The fraction of sp³-hybridized carbons (Fsp3) is 0. The molecule has 37 heavy (non-hydrogen) atoms. The van der Waals surface area contributed by atoms with Gasteiger partial charge >= 0.3 is 0 Å². The molecule has 0 radical (unpaired) electrons. The van der Waals surface area contributed by atoms with Gasteiger partial charge in [0.05, 0.1) is 11.4 Å². The zero-order valence-electron chi connectivity index (χ0n) is 19.9. The predicted octanol–water partition coefficient (Wildman–Crippen LogP) is 8.19. The second kappa shape index (κ2) is 9.72. The lowest BCUT2D eigenvalue weighted by Crippen LogP contribution is -2.25. The van der Waals surface area contributed by atoms with E-state index < -0.39 is 0 Å². The number of thiophene rings is 1. The number of carbonyl (C=O) groups is 1. The first-order valence-corrected chi connectivity index (χ1v) is 12.8. The molecular formula is C32H23N3OS. The highest BCUT2D eigenvalue weighted by Crippen LogP contribution is 2.42. The molecule has 0 bridgehead atoms. The van der Waals surface area contributed by atoms with E-state index in [1.165, 1.54) is 11.3 Å². The minimum atomic E-state index is -0.182. The van der Waals surface area contributed by atoms with Gasteiger partial charge in [0.2, 0.25) is 0 Å². The van der Waals surface area contributed by atoms with Gasteiger partial charge in [0, 0.05) is 22.3 Å². The molecule has 178 valence electrons. The van der Waals surface area contributed by atoms with Crippen LogP contribution in [0.25, 0.3) is 32.6 Å². The van der Waals surface area contributed by atoms with E-state index in [-0.39, 0.29) is 5.91 Å². The molecule has 2 N–H and O–H groups in total. The predicted molar refractivity (Wildman–Crippen MR) is 154 cm³/mol. The third-order valence-corrected chi connectivity index (χ3v) is 7.37. The van der Waals surface area contributed by atoms with Crippen LogP contribution in [0.5, 0.6) is 0 Å². The Kier molecular flexibility index (Phi) is 5.97. The summed E-state index contributed by atoms with van der Waals surface area (Å²) in [6.07, 6.45) is 0. The summed E-state index contributed by atoms with van der Waals surface area (Å²) in [5, 5.41) is 0.806. The Balaban J connectivity index is 1.57. The molecule has 4 aromatic carbocycles. The van der Waals surface area contributed by atoms with E-state index >= 15 is 0 Å². The fourth-order valence-electron chi connectivity index (χ4n) is 4.52. The Bertz CT molecular complexity index is 1640. The van der Waals surface area contributed by atoms with E-state index in [0.29, 0.717) is 10.6 Å². The number of fused-ring (bicyclic) bond motifs is 1. The van der Waals surface area contributed by atoms with Crippen LogP contribution in [-0.2, 0) is 0 Å². The van der Waals surface area contributed by atoms with Crippen LogP contribution in [0.4, 0.5) is 17.1 Å². The van der Waals surface area contributed by atoms with Gasteiger partial charge in [-0.25, -0.2) is 4.98 Å². The van der Waals surface area contributed by atoms with Crippen molar-refractivity contribution in [3.63, 3.8) is 0 Å². The molecule has 0 aliphatic heterocycles. The summed E-state index contributed by atoms with van der Waals surface area (Å²) >= 11 is 1.34. The van der Waals surface area contributed by atoms with Crippen LogP contribution in [0.3, 0.4) is 0 Å². The van der Waals surface area contributed by atoms with Gasteiger partial charge in [0.15, 0.2) is 0 Å². The topological polar surface area (TPSA) is 59.2 Å². The number of hydrogen-bond acceptors (Lipinski definition) is 4. The number of carbonyl (C=O) groups excluding carboxylic acids is 1. The highest BCUT2D eigenvalue weighted by Gasteiger charge is 2.27. The maximum atomic E-state index is 14.2. The lowest BCUT2D eigenvalue weighted by Gasteiger charge is -2.22. The number of amides is 1. The van der Waals surface area contributed by atoms with Crippen LogP contribution >= 0.6 is 11.3 Å². The summed E-state index contributed by atoms with van der Waals surface area (Å²) < 4.78 is 0. The Morgan fingerprint density at radius 2 is 1.16 bits per heavy atom. The number of aromatic nitrogens is 1. The minimum Gasteiger partial charge on any atom is -0.397 e. The lowest BCUT2D eigenvalue weighted by molar-refractivity contribution is 0.100. The van der Waals surface area contributed by atoms with E-state index in [1.54, 1.807) is 4.90 Å². The highest BCUT2D eigenvalue weighted by molar-refractivity contribution is 7.21. The Morgan fingerprint density at radius 3 is 1.70 bits per heavy atom. The number of nitrogens with two attached hydrogens (primary N) is 1. The van der Waals surface area contributed by atoms with Gasteiger partial charge in [-0.2, -0.15) is 0 Å². The van der Waals surface area contributed by atoms with Crippen molar-refractivity contribution in [2.45, 2.75) is 0 Å². The first-order chi connectivity index (χ1) is 18.2. The van der Waals surface area contributed by atoms with Gasteiger partial charge in [-0.05, 0) is 41.5 Å². The number of para-hydroxylation sites is 2. The maximum absolute atomic E-state index is 14.2. The van der Waals surface area contributed by atoms with Crippen molar-refractivity contribution in [1.29, 1.82) is 0 Å². The molecule has 0 aliphatic carbocycles. The lowest BCUT2D eigenvalue weighted by atomic mass is 9.99. The smallest absolute Gasteiger partial charge is 0.275 e. The average molecular weight is 498 g/mol. The van der Waals surface area contributed by atoms with Gasteiger partial charge in [0.25, 0.3) is 5.91 Å². The summed E-state index contributed by atoms with van der Waals surface area (Å²) in [6, 6.07) is 41.5. The molecule has 2 heterocycles. The van der Waals surface area contributed by atoms with Crippen LogP contribution in [0.1, 0.15) is 9.67 Å². The summed E-state index contributed by atoms with van der Waals surface area (Å²) in [5.41, 5.74) is 12.6. The Morgan fingerprint density at radius 1 is 0.676 bits per heavy atom. The zero-order valence-corrected chi connectivity index (χ0v) is 20.7. The zero-order chi connectivity index (χ0) is 25.2. The molecule has 0 saturated carbocycles. The molecule has 2 aromatic heterocycles. The van der Waals surface area contributed by atoms with Gasteiger partial charge in [-0.3, -0.25) is 9.69 Å². The standard InChI is InChI=1S/C32H23N3OS/c33-29-28-26(22-13-5-1-6-14-22)21-27(23-15-7-2-8-16-23)34-31(28)37-30(29)32(36)35(24-17-9-3-10-18-24)25-19-11-4-12-20-25/h1-21H,33H2. The molecule has 6 rings (SSSR count). The van der Waals surface area contributed by atoms with Gasteiger partial charge in [0.1, 0.15) is 9.71 Å².